The van der Waals surface area contributed by atoms with E-state index in [0.717, 1.165) is 38.0 Å². The maximum Gasteiger partial charge on any atom is 0.0401 e. The highest BCUT2D eigenvalue weighted by Gasteiger charge is 2.14. The molecule has 0 amide bonds. The number of rotatable bonds is 2. The molecule has 0 saturated heterocycles. The molecule has 4 aromatic rings. The fourth-order valence-electron chi connectivity index (χ4n) is 3.22. The van der Waals surface area contributed by atoms with Gasteiger partial charge in [0, 0.05) is 21.4 Å². The van der Waals surface area contributed by atoms with Crippen molar-refractivity contribution in [2.24, 2.45) is 0 Å². The normalized spacial score (nSPS) is 10.9. The van der Waals surface area contributed by atoms with Crippen molar-refractivity contribution in [3.8, 4) is 22.3 Å². The molecule has 0 atom stereocenters. The first-order valence-corrected chi connectivity index (χ1v) is 8.35. The standard InChI is InChI=1S/C22H17NS/c23-19-13-14-20(24)22-18(16-9-5-2-6-10-16)12-11-17(21(19)22)15-7-3-1-4-8-15/h1-14,24H,23H2. The zero-order valence-electron chi connectivity index (χ0n) is 13.1. The number of nitrogens with two attached hydrogens (primary N) is 1. The summed E-state index contributed by atoms with van der Waals surface area (Å²) in [6.45, 7) is 0. The summed E-state index contributed by atoms with van der Waals surface area (Å²) < 4.78 is 0. The highest BCUT2D eigenvalue weighted by atomic mass is 32.1. The van der Waals surface area contributed by atoms with Crippen molar-refractivity contribution in [2.45, 2.75) is 4.90 Å². The van der Waals surface area contributed by atoms with Gasteiger partial charge in [-0.3, -0.25) is 0 Å². The van der Waals surface area contributed by atoms with Crippen LogP contribution in [0.15, 0.2) is 89.8 Å². The first-order chi connectivity index (χ1) is 11.8. The van der Waals surface area contributed by atoms with E-state index in [9.17, 15) is 0 Å². The topological polar surface area (TPSA) is 26.0 Å². The lowest BCUT2D eigenvalue weighted by molar-refractivity contribution is 1.54. The minimum absolute atomic E-state index is 0.777. The lowest BCUT2D eigenvalue weighted by atomic mass is 9.91. The van der Waals surface area contributed by atoms with E-state index in [1.165, 1.54) is 5.56 Å². The number of anilines is 1. The summed E-state index contributed by atoms with van der Waals surface area (Å²) in [6.07, 6.45) is 0. The zero-order valence-corrected chi connectivity index (χ0v) is 14.0. The quantitative estimate of drug-likeness (QED) is 0.340. The third-order valence-corrected chi connectivity index (χ3v) is 4.71. The molecule has 24 heavy (non-hydrogen) atoms. The van der Waals surface area contributed by atoms with E-state index in [-0.39, 0.29) is 0 Å². The SMILES string of the molecule is Nc1ccc(S)c2c(-c3ccccc3)ccc(-c3ccccc3)c12. The molecule has 0 aliphatic heterocycles. The summed E-state index contributed by atoms with van der Waals surface area (Å²) in [5, 5.41) is 2.17. The number of benzene rings is 4. The van der Waals surface area contributed by atoms with Gasteiger partial charge >= 0.3 is 0 Å². The van der Waals surface area contributed by atoms with Crippen LogP contribution in [0.3, 0.4) is 0 Å². The summed E-state index contributed by atoms with van der Waals surface area (Å²) in [5.74, 6) is 0. The summed E-state index contributed by atoms with van der Waals surface area (Å²) >= 11 is 4.72. The lowest BCUT2D eigenvalue weighted by Gasteiger charge is -2.15. The van der Waals surface area contributed by atoms with Crippen LogP contribution in [-0.4, -0.2) is 0 Å². The average Bonchev–Trinajstić information content (AvgIpc) is 2.65. The van der Waals surface area contributed by atoms with Gasteiger partial charge in [0.15, 0.2) is 0 Å². The molecule has 0 aliphatic rings. The van der Waals surface area contributed by atoms with Gasteiger partial charge in [0.25, 0.3) is 0 Å². The van der Waals surface area contributed by atoms with Crippen molar-refractivity contribution in [1.29, 1.82) is 0 Å². The second-order valence-corrected chi connectivity index (χ2v) is 6.30. The molecule has 0 saturated carbocycles. The van der Waals surface area contributed by atoms with Crippen LogP contribution < -0.4 is 5.73 Å². The smallest absolute Gasteiger partial charge is 0.0401 e. The van der Waals surface area contributed by atoms with Gasteiger partial charge in [-0.25, -0.2) is 0 Å². The molecule has 0 bridgehead atoms. The number of nitrogen functional groups attached to an aromatic ring is 1. The number of hydrogen-bond donors (Lipinski definition) is 2. The molecule has 2 N–H and O–H groups in total. The van der Waals surface area contributed by atoms with Gasteiger partial charge < -0.3 is 5.73 Å². The lowest BCUT2D eigenvalue weighted by Crippen LogP contribution is -1.93. The minimum atomic E-state index is 0.777. The molecule has 4 aromatic carbocycles. The van der Waals surface area contributed by atoms with Crippen LogP contribution in [0.25, 0.3) is 33.0 Å². The number of thiol groups is 1. The highest BCUT2D eigenvalue weighted by Crippen LogP contribution is 2.41. The summed E-state index contributed by atoms with van der Waals surface area (Å²) in [5.41, 5.74) is 11.8. The Hall–Kier alpha value is -2.71. The zero-order chi connectivity index (χ0) is 16.5. The van der Waals surface area contributed by atoms with Crippen LogP contribution in [0.2, 0.25) is 0 Å². The monoisotopic (exact) mass is 327 g/mol. The van der Waals surface area contributed by atoms with Crippen molar-refractivity contribution in [3.63, 3.8) is 0 Å². The van der Waals surface area contributed by atoms with Gasteiger partial charge in [-0.2, -0.15) is 0 Å². The summed E-state index contributed by atoms with van der Waals surface area (Å²) in [7, 11) is 0. The van der Waals surface area contributed by atoms with Crippen LogP contribution in [0.4, 0.5) is 5.69 Å². The van der Waals surface area contributed by atoms with Gasteiger partial charge in [0.2, 0.25) is 0 Å². The van der Waals surface area contributed by atoms with E-state index in [0.29, 0.717) is 0 Å². The average molecular weight is 327 g/mol. The Morgan fingerprint density at radius 3 is 1.58 bits per heavy atom. The Bertz CT molecular complexity index is 924. The van der Waals surface area contributed by atoms with E-state index in [4.69, 9.17) is 18.4 Å². The fraction of sp³-hybridized carbons (Fsp3) is 0. The van der Waals surface area contributed by atoms with Gasteiger partial charge in [-0.05, 0) is 34.4 Å². The molecule has 0 heterocycles. The second kappa shape index (κ2) is 6.06. The second-order valence-electron chi connectivity index (χ2n) is 5.82. The van der Waals surface area contributed by atoms with Crippen molar-refractivity contribution in [2.75, 3.05) is 5.73 Å². The molecular weight excluding hydrogens is 310 g/mol. The maximum atomic E-state index is 6.38. The predicted octanol–water partition coefficient (Wildman–Crippen LogP) is 6.04. The summed E-state index contributed by atoms with van der Waals surface area (Å²) in [6, 6.07) is 28.9. The van der Waals surface area contributed by atoms with Gasteiger partial charge in [0.05, 0.1) is 0 Å². The van der Waals surface area contributed by atoms with Crippen molar-refractivity contribution < 1.29 is 0 Å². The molecule has 0 radical (unpaired) electrons. The van der Waals surface area contributed by atoms with Gasteiger partial charge in [-0.15, -0.1) is 12.6 Å². The third-order valence-electron chi connectivity index (χ3n) is 4.34. The highest BCUT2D eigenvalue weighted by molar-refractivity contribution is 7.80. The molecule has 0 aromatic heterocycles. The van der Waals surface area contributed by atoms with Crippen molar-refractivity contribution in [1.82, 2.24) is 0 Å². The molecule has 0 fully saturated rings. The van der Waals surface area contributed by atoms with E-state index in [2.05, 4.69) is 48.5 Å². The molecule has 0 unspecified atom stereocenters. The molecule has 1 nitrogen and oxygen atoms in total. The van der Waals surface area contributed by atoms with E-state index >= 15 is 0 Å². The van der Waals surface area contributed by atoms with Crippen LogP contribution in [0.1, 0.15) is 0 Å². The number of fused-ring (bicyclic) bond motifs is 1. The molecule has 2 heteroatoms. The number of hydrogen-bond acceptors (Lipinski definition) is 2. The van der Waals surface area contributed by atoms with Crippen LogP contribution >= 0.6 is 12.6 Å². The third kappa shape index (κ3) is 2.45. The van der Waals surface area contributed by atoms with Crippen LogP contribution in [0.5, 0.6) is 0 Å². The van der Waals surface area contributed by atoms with Gasteiger partial charge in [-0.1, -0.05) is 72.8 Å². The van der Waals surface area contributed by atoms with Crippen molar-refractivity contribution in [3.05, 3.63) is 84.9 Å². The fourth-order valence-corrected chi connectivity index (χ4v) is 3.53. The summed E-state index contributed by atoms with van der Waals surface area (Å²) in [4.78, 5) is 0.941. The first-order valence-electron chi connectivity index (χ1n) is 7.91. The van der Waals surface area contributed by atoms with Gasteiger partial charge in [0.1, 0.15) is 0 Å². The Morgan fingerprint density at radius 2 is 1.04 bits per heavy atom. The maximum absolute atomic E-state index is 6.38. The molecular formula is C22H17NS. The molecule has 0 spiro atoms. The Morgan fingerprint density at radius 1 is 0.542 bits per heavy atom. The van der Waals surface area contributed by atoms with Crippen LogP contribution in [-0.2, 0) is 0 Å². The predicted molar refractivity (Wildman–Crippen MR) is 106 cm³/mol. The Labute approximate surface area is 147 Å². The Balaban J connectivity index is 2.11. The van der Waals surface area contributed by atoms with E-state index < -0.39 is 0 Å². The van der Waals surface area contributed by atoms with Crippen LogP contribution in [0, 0.1) is 0 Å². The minimum Gasteiger partial charge on any atom is -0.398 e. The largest absolute Gasteiger partial charge is 0.398 e. The van der Waals surface area contributed by atoms with Crippen molar-refractivity contribution >= 4 is 29.1 Å². The van der Waals surface area contributed by atoms with E-state index in [1.807, 2.05) is 36.4 Å². The molecule has 0 aliphatic carbocycles. The Kier molecular flexibility index (Phi) is 3.75. The first kappa shape index (κ1) is 14.9. The molecule has 4 rings (SSSR count). The van der Waals surface area contributed by atoms with E-state index in [1.54, 1.807) is 0 Å². The molecule has 116 valence electrons.